The molecule has 0 radical (unpaired) electrons. The van der Waals surface area contributed by atoms with Crippen LogP contribution in [0.2, 0.25) is 0 Å². The molecule has 0 saturated heterocycles. The smallest absolute Gasteiger partial charge is 0.0718 e. The van der Waals surface area contributed by atoms with Gasteiger partial charge in [-0.25, -0.2) is 0 Å². The van der Waals surface area contributed by atoms with Crippen LogP contribution in [0.4, 0.5) is 0 Å². The standard InChI is InChI=1S/C10H18O/c1-2-10(11)8-7-9-5-3-4-6-9/h2,9-11H,1,3-8H2. The topological polar surface area (TPSA) is 20.2 Å². The first-order valence-electron chi connectivity index (χ1n) is 4.63. The minimum atomic E-state index is -0.268. The van der Waals surface area contributed by atoms with E-state index in [1.54, 1.807) is 6.08 Å². The molecule has 0 aromatic rings. The summed E-state index contributed by atoms with van der Waals surface area (Å²) in [4.78, 5) is 0. The molecule has 64 valence electrons. The minimum absolute atomic E-state index is 0.268. The largest absolute Gasteiger partial charge is 0.389 e. The molecule has 1 aliphatic rings. The third-order valence-electron chi connectivity index (χ3n) is 2.62. The zero-order valence-corrected chi connectivity index (χ0v) is 7.13. The number of hydrogen-bond acceptors (Lipinski definition) is 1. The molecular formula is C10H18O. The Labute approximate surface area is 69.1 Å². The summed E-state index contributed by atoms with van der Waals surface area (Å²) in [6, 6.07) is 0. The molecule has 0 spiro atoms. The molecule has 0 heterocycles. The summed E-state index contributed by atoms with van der Waals surface area (Å²) in [6.45, 7) is 3.56. The molecule has 11 heavy (non-hydrogen) atoms. The van der Waals surface area contributed by atoms with E-state index in [0.29, 0.717) is 0 Å². The van der Waals surface area contributed by atoms with Crippen molar-refractivity contribution in [2.45, 2.75) is 44.6 Å². The van der Waals surface area contributed by atoms with E-state index in [0.717, 1.165) is 12.3 Å². The zero-order valence-electron chi connectivity index (χ0n) is 7.13. The monoisotopic (exact) mass is 154 g/mol. The Hall–Kier alpha value is -0.300. The second kappa shape index (κ2) is 4.55. The van der Waals surface area contributed by atoms with E-state index >= 15 is 0 Å². The van der Waals surface area contributed by atoms with Crippen LogP contribution in [-0.4, -0.2) is 11.2 Å². The van der Waals surface area contributed by atoms with E-state index in [2.05, 4.69) is 6.58 Å². The molecule has 1 aliphatic carbocycles. The van der Waals surface area contributed by atoms with Crippen LogP contribution >= 0.6 is 0 Å². The van der Waals surface area contributed by atoms with E-state index in [9.17, 15) is 5.11 Å². The van der Waals surface area contributed by atoms with Gasteiger partial charge in [-0.2, -0.15) is 0 Å². The molecular weight excluding hydrogens is 136 g/mol. The van der Waals surface area contributed by atoms with Crippen LogP contribution in [0.1, 0.15) is 38.5 Å². The lowest BCUT2D eigenvalue weighted by atomic mass is 10.00. The number of hydrogen-bond donors (Lipinski definition) is 1. The van der Waals surface area contributed by atoms with E-state index in [1.165, 1.54) is 32.1 Å². The third kappa shape index (κ3) is 3.06. The molecule has 0 aliphatic heterocycles. The summed E-state index contributed by atoms with van der Waals surface area (Å²) in [5, 5.41) is 9.20. The fourth-order valence-corrected chi connectivity index (χ4v) is 1.82. The van der Waals surface area contributed by atoms with Crippen molar-refractivity contribution in [3.63, 3.8) is 0 Å². The Balaban J connectivity index is 2.06. The maximum Gasteiger partial charge on any atom is 0.0718 e. The highest BCUT2D eigenvalue weighted by Crippen LogP contribution is 2.28. The zero-order chi connectivity index (χ0) is 8.10. The second-order valence-corrected chi connectivity index (χ2v) is 3.53. The SMILES string of the molecule is C=CC(O)CCC1CCCC1. The molecule has 1 rings (SSSR count). The van der Waals surface area contributed by atoms with Gasteiger partial charge in [-0.05, 0) is 18.8 Å². The molecule has 0 aromatic carbocycles. The van der Waals surface area contributed by atoms with E-state index in [-0.39, 0.29) is 6.10 Å². The van der Waals surface area contributed by atoms with Crippen LogP contribution in [0.25, 0.3) is 0 Å². The molecule has 1 fully saturated rings. The van der Waals surface area contributed by atoms with Crippen molar-refractivity contribution in [2.75, 3.05) is 0 Å². The number of aliphatic hydroxyl groups excluding tert-OH is 1. The van der Waals surface area contributed by atoms with Gasteiger partial charge in [0.1, 0.15) is 0 Å². The van der Waals surface area contributed by atoms with Gasteiger partial charge in [0.05, 0.1) is 6.10 Å². The molecule has 0 amide bonds. The van der Waals surface area contributed by atoms with Crippen LogP contribution in [-0.2, 0) is 0 Å². The highest BCUT2D eigenvalue weighted by molar-refractivity contribution is 4.79. The quantitative estimate of drug-likeness (QED) is 0.617. The van der Waals surface area contributed by atoms with Gasteiger partial charge >= 0.3 is 0 Å². The number of rotatable bonds is 4. The molecule has 0 aromatic heterocycles. The molecule has 0 bridgehead atoms. The first-order chi connectivity index (χ1) is 5.33. The Morgan fingerprint density at radius 1 is 1.45 bits per heavy atom. The molecule has 1 unspecified atom stereocenters. The maximum absolute atomic E-state index is 9.20. The lowest BCUT2D eigenvalue weighted by Gasteiger charge is -2.09. The minimum Gasteiger partial charge on any atom is -0.389 e. The summed E-state index contributed by atoms with van der Waals surface area (Å²) >= 11 is 0. The van der Waals surface area contributed by atoms with Crippen LogP contribution in [0.15, 0.2) is 12.7 Å². The fourth-order valence-electron chi connectivity index (χ4n) is 1.82. The van der Waals surface area contributed by atoms with Gasteiger partial charge in [-0.3, -0.25) is 0 Å². The summed E-state index contributed by atoms with van der Waals surface area (Å²) in [7, 11) is 0. The summed E-state index contributed by atoms with van der Waals surface area (Å²) in [5.41, 5.74) is 0. The Morgan fingerprint density at radius 3 is 2.64 bits per heavy atom. The maximum atomic E-state index is 9.20. The van der Waals surface area contributed by atoms with Crippen molar-refractivity contribution in [3.8, 4) is 0 Å². The van der Waals surface area contributed by atoms with E-state index < -0.39 is 0 Å². The highest BCUT2D eigenvalue weighted by Gasteiger charge is 2.15. The summed E-state index contributed by atoms with van der Waals surface area (Å²) in [5.74, 6) is 0.893. The fraction of sp³-hybridized carbons (Fsp3) is 0.800. The lowest BCUT2D eigenvalue weighted by Crippen LogP contribution is -2.04. The van der Waals surface area contributed by atoms with Crippen LogP contribution in [0.5, 0.6) is 0 Å². The molecule has 1 N–H and O–H groups in total. The van der Waals surface area contributed by atoms with Gasteiger partial charge in [0.15, 0.2) is 0 Å². The van der Waals surface area contributed by atoms with Crippen LogP contribution in [0.3, 0.4) is 0 Å². The van der Waals surface area contributed by atoms with Crippen molar-refractivity contribution in [3.05, 3.63) is 12.7 Å². The van der Waals surface area contributed by atoms with Gasteiger partial charge in [-0.15, -0.1) is 6.58 Å². The van der Waals surface area contributed by atoms with Gasteiger partial charge in [0.25, 0.3) is 0 Å². The van der Waals surface area contributed by atoms with Crippen molar-refractivity contribution in [1.29, 1.82) is 0 Å². The van der Waals surface area contributed by atoms with Gasteiger partial charge in [0.2, 0.25) is 0 Å². The third-order valence-corrected chi connectivity index (χ3v) is 2.62. The predicted octanol–water partition coefficient (Wildman–Crippen LogP) is 2.50. The normalized spacial score (nSPS) is 21.9. The van der Waals surface area contributed by atoms with Crippen molar-refractivity contribution in [1.82, 2.24) is 0 Å². The van der Waals surface area contributed by atoms with Crippen LogP contribution < -0.4 is 0 Å². The average Bonchev–Trinajstić information content (AvgIpc) is 2.52. The Kier molecular flexibility index (Phi) is 3.64. The van der Waals surface area contributed by atoms with Crippen molar-refractivity contribution >= 4 is 0 Å². The molecule has 1 saturated carbocycles. The first kappa shape index (κ1) is 8.79. The van der Waals surface area contributed by atoms with E-state index in [4.69, 9.17) is 0 Å². The summed E-state index contributed by atoms with van der Waals surface area (Å²) in [6.07, 6.45) is 9.02. The first-order valence-corrected chi connectivity index (χ1v) is 4.63. The highest BCUT2D eigenvalue weighted by atomic mass is 16.3. The van der Waals surface area contributed by atoms with Gasteiger partial charge in [-0.1, -0.05) is 31.8 Å². The van der Waals surface area contributed by atoms with Crippen LogP contribution in [0, 0.1) is 5.92 Å². The Morgan fingerprint density at radius 2 is 2.09 bits per heavy atom. The van der Waals surface area contributed by atoms with Crippen molar-refractivity contribution in [2.24, 2.45) is 5.92 Å². The van der Waals surface area contributed by atoms with Crippen molar-refractivity contribution < 1.29 is 5.11 Å². The number of aliphatic hydroxyl groups is 1. The molecule has 1 atom stereocenters. The second-order valence-electron chi connectivity index (χ2n) is 3.53. The summed E-state index contributed by atoms with van der Waals surface area (Å²) < 4.78 is 0. The van der Waals surface area contributed by atoms with E-state index in [1.807, 2.05) is 0 Å². The Bertz CT molecular complexity index is 114. The molecule has 1 heteroatoms. The average molecular weight is 154 g/mol. The van der Waals surface area contributed by atoms with Gasteiger partial charge in [0, 0.05) is 0 Å². The predicted molar refractivity (Wildman–Crippen MR) is 47.4 cm³/mol. The lowest BCUT2D eigenvalue weighted by molar-refractivity contribution is 0.201. The molecule has 1 nitrogen and oxygen atoms in total. The van der Waals surface area contributed by atoms with Gasteiger partial charge < -0.3 is 5.11 Å².